The van der Waals surface area contributed by atoms with Gasteiger partial charge >= 0.3 is 0 Å². The van der Waals surface area contributed by atoms with Gasteiger partial charge in [0.2, 0.25) is 0 Å². The van der Waals surface area contributed by atoms with Crippen molar-refractivity contribution in [2.45, 2.75) is 96.8 Å². The van der Waals surface area contributed by atoms with Crippen LogP contribution in [0, 0.1) is 29.5 Å². The van der Waals surface area contributed by atoms with E-state index in [1.165, 1.54) is 89.0 Å². The van der Waals surface area contributed by atoms with Crippen LogP contribution in [0.4, 0.5) is 4.39 Å². The lowest BCUT2D eigenvalue weighted by molar-refractivity contribution is 0.140. The lowest BCUT2D eigenvalue weighted by atomic mass is 9.68. The van der Waals surface area contributed by atoms with Crippen LogP contribution in [0.25, 0.3) is 0 Å². The highest BCUT2D eigenvalue weighted by Crippen LogP contribution is 2.43. The van der Waals surface area contributed by atoms with Crippen molar-refractivity contribution in [3.05, 3.63) is 35.6 Å². The van der Waals surface area contributed by atoms with Crippen LogP contribution in [0.5, 0.6) is 0 Å². The average molecular weight is 359 g/mol. The van der Waals surface area contributed by atoms with Crippen LogP contribution in [0.3, 0.4) is 0 Å². The van der Waals surface area contributed by atoms with Gasteiger partial charge in [-0.1, -0.05) is 70.4 Å². The molecule has 0 saturated heterocycles. The topological polar surface area (TPSA) is 0 Å². The molecular formula is C25H39F. The Bertz CT molecular complexity index is 489. The van der Waals surface area contributed by atoms with Gasteiger partial charge in [-0.05, 0) is 79.9 Å². The van der Waals surface area contributed by atoms with Crippen molar-refractivity contribution in [3.63, 3.8) is 0 Å². The molecular weight excluding hydrogens is 319 g/mol. The average Bonchev–Trinajstić information content (AvgIpc) is 2.69. The van der Waals surface area contributed by atoms with Crippen molar-refractivity contribution in [1.29, 1.82) is 0 Å². The first kappa shape index (κ1) is 19.9. The first-order valence-corrected chi connectivity index (χ1v) is 11.5. The van der Waals surface area contributed by atoms with Crippen molar-refractivity contribution < 1.29 is 4.39 Å². The zero-order valence-corrected chi connectivity index (χ0v) is 16.9. The highest BCUT2D eigenvalue weighted by molar-refractivity contribution is 5.16. The molecule has 0 heterocycles. The van der Waals surface area contributed by atoms with Gasteiger partial charge in [0.05, 0.1) is 0 Å². The van der Waals surface area contributed by atoms with Gasteiger partial charge in [0.15, 0.2) is 0 Å². The molecule has 1 aromatic carbocycles. The van der Waals surface area contributed by atoms with Gasteiger partial charge in [-0.2, -0.15) is 0 Å². The fourth-order valence-electron chi connectivity index (χ4n) is 5.60. The predicted octanol–water partition coefficient (Wildman–Crippen LogP) is 7.95. The minimum Gasteiger partial charge on any atom is -0.207 e. The molecule has 2 saturated carbocycles. The highest BCUT2D eigenvalue weighted by Gasteiger charge is 2.30. The summed E-state index contributed by atoms with van der Waals surface area (Å²) in [4.78, 5) is 0. The van der Waals surface area contributed by atoms with E-state index in [9.17, 15) is 4.39 Å². The smallest absolute Gasteiger partial charge is 0.123 e. The maximum Gasteiger partial charge on any atom is 0.123 e. The molecule has 0 nitrogen and oxygen atoms in total. The maximum atomic E-state index is 13.0. The molecule has 1 aromatic rings. The van der Waals surface area contributed by atoms with Crippen LogP contribution < -0.4 is 0 Å². The molecule has 0 spiro atoms. The van der Waals surface area contributed by atoms with Gasteiger partial charge in [-0.25, -0.2) is 4.39 Å². The van der Waals surface area contributed by atoms with Crippen molar-refractivity contribution in [2.75, 3.05) is 0 Å². The number of rotatable bonds is 8. The Morgan fingerprint density at radius 3 is 1.81 bits per heavy atom. The predicted molar refractivity (Wildman–Crippen MR) is 110 cm³/mol. The minimum atomic E-state index is -0.116. The van der Waals surface area contributed by atoms with Gasteiger partial charge in [0, 0.05) is 0 Å². The number of halogens is 1. The van der Waals surface area contributed by atoms with Crippen molar-refractivity contribution >= 4 is 0 Å². The van der Waals surface area contributed by atoms with Crippen LogP contribution in [0.1, 0.15) is 96.0 Å². The zero-order chi connectivity index (χ0) is 18.2. The molecule has 2 aliphatic carbocycles. The fourth-order valence-corrected chi connectivity index (χ4v) is 5.60. The first-order valence-electron chi connectivity index (χ1n) is 11.5. The van der Waals surface area contributed by atoms with Gasteiger partial charge in [0.25, 0.3) is 0 Å². The van der Waals surface area contributed by atoms with Crippen LogP contribution in [0.2, 0.25) is 0 Å². The summed E-state index contributed by atoms with van der Waals surface area (Å²) < 4.78 is 13.0. The van der Waals surface area contributed by atoms with E-state index in [1.807, 2.05) is 12.1 Å². The third-order valence-corrected chi connectivity index (χ3v) is 7.42. The number of hydrogen-bond acceptors (Lipinski definition) is 0. The van der Waals surface area contributed by atoms with Crippen LogP contribution in [-0.4, -0.2) is 0 Å². The van der Waals surface area contributed by atoms with Gasteiger partial charge < -0.3 is 0 Å². The Kier molecular flexibility index (Phi) is 8.02. The molecule has 2 aliphatic rings. The van der Waals surface area contributed by atoms with E-state index < -0.39 is 0 Å². The van der Waals surface area contributed by atoms with Crippen molar-refractivity contribution in [1.82, 2.24) is 0 Å². The van der Waals surface area contributed by atoms with E-state index in [0.717, 1.165) is 30.1 Å². The molecule has 0 N–H and O–H groups in total. The van der Waals surface area contributed by atoms with E-state index in [2.05, 4.69) is 6.92 Å². The van der Waals surface area contributed by atoms with Crippen LogP contribution in [0.15, 0.2) is 24.3 Å². The van der Waals surface area contributed by atoms with E-state index in [4.69, 9.17) is 0 Å². The van der Waals surface area contributed by atoms with E-state index >= 15 is 0 Å². The van der Waals surface area contributed by atoms with E-state index in [0.29, 0.717) is 0 Å². The third kappa shape index (κ3) is 6.10. The standard InChI is InChI=1S/C25H39F/c1-2-3-4-5-20-8-14-23(15-9-20)24-16-10-21(11-17-24)6-7-22-12-18-25(26)19-13-22/h12-13,18-21,23-24H,2-11,14-17H2,1H3/t20-,21-,23-,24-. The summed E-state index contributed by atoms with van der Waals surface area (Å²) in [7, 11) is 0. The number of aryl methyl sites for hydroxylation is 1. The Labute approximate surface area is 161 Å². The Morgan fingerprint density at radius 2 is 1.27 bits per heavy atom. The Balaban J connectivity index is 1.32. The van der Waals surface area contributed by atoms with E-state index in [-0.39, 0.29) is 5.82 Å². The molecule has 0 unspecified atom stereocenters. The molecule has 0 aliphatic heterocycles. The maximum absolute atomic E-state index is 13.0. The summed E-state index contributed by atoms with van der Waals surface area (Å²) in [5.41, 5.74) is 1.30. The highest BCUT2D eigenvalue weighted by atomic mass is 19.1. The quantitative estimate of drug-likeness (QED) is 0.413. The largest absolute Gasteiger partial charge is 0.207 e. The summed E-state index contributed by atoms with van der Waals surface area (Å²) in [6.07, 6.45) is 20.0. The minimum absolute atomic E-state index is 0.116. The molecule has 0 atom stereocenters. The molecule has 2 fully saturated rings. The molecule has 1 heteroatoms. The lowest BCUT2D eigenvalue weighted by Gasteiger charge is -2.38. The number of hydrogen-bond donors (Lipinski definition) is 0. The molecule has 26 heavy (non-hydrogen) atoms. The van der Waals surface area contributed by atoms with Gasteiger partial charge in [-0.3, -0.25) is 0 Å². The Morgan fingerprint density at radius 1 is 0.731 bits per heavy atom. The number of unbranched alkanes of at least 4 members (excludes halogenated alkanes) is 2. The molecule has 0 bridgehead atoms. The normalized spacial score (nSPS) is 29.6. The van der Waals surface area contributed by atoms with Gasteiger partial charge in [0.1, 0.15) is 5.82 Å². The SMILES string of the molecule is CCCCC[C@H]1CC[C@H]([C@H]2CC[C@H](CCc3ccc(F)cc3)CC2)CC1. The van der Waals surface area contributed by atoms with Crippen molar-refractivity contribution in [2.24, 2.45) is 23.7 Å². The fraction of sp³-hybridized carbons (Fsp3) is 0.760. The number of benzene rings is 1. The second-order valence-electron chi connectivity index (χ2n) is 9.22. The lowest BCUT2D eigenvalue weighted by Crippen LogP contribution is -2.26. The third-order valence-electron chi connectivity index (χ3n) is 7.42. The van der Waals surface area contributed by atoms with Crippen LogP contribution in [-0.2, 0) is 6.42 Å². The summed E-state index contributed by atoms with van der Waals surface area (Å²) in [5, 5.41) is 0. The molecule has 0 aromatic heterocycles. The van der Waals surface area contributed by atoms with E-state index in [1.54, 1.807) is 12.1 Å². The summed E-state index contributed by atoms with van der Waals surface area (Å²) in [6, 6.07) is 7.12. The van der Waals surface area contributed by atoms with Crippen LogP contribution >= 0.6 is 0 Å². The second-order valence-corrected chi connectivity index (χ2v) is 9.22. The van der Waals surface area contributed by atoms with Gasteiger partial charge in [-0.15, -0.1) is 0 Å². The zero-order valence-electron chi connectivity index (χ0n) is 16.9. The molecule has 0 amide bonds. The summed E-state index contributed by atoms with van der Waals surface area (Å²) in [6.45, 7) is 2.31. The monoisotopic (exact) mass is 358 g/mol. The molecule has 146 valence electrons. The molecule has 0 radical (unpaired) electrons. The summed E-state index contributed by atoms with van der Waals surface area (Å²) in [5.74, 6) is 3.89. The summed E-state index contributed by atoms with van der Waals surface area (Å²) >= 11 is 0. The second kappa shape index (κ2) is 10.5. The van der Waals surface area contributed by atoms with Crippen molar-refractivity contribution in [3.8, 4) is 0 Å². The molecule has 3 rings (SSSR count). The Hall–Kier alpha value is -0.850. The first-order chi connectivity index (χ1) is 12.7.